The summed E-state index contributed by atoms with van der Waals surface area (Å²) in [4.78, 5) is 0. The second-order valence-corrected chi connectivity index (χ2v) is 6.94. The lowest BCUT2D eigenvalue weighted by Crippen LogP contribution is -2.57. The third kappa shape index (κ3) is 6.10. The lowest BCUT2D eigenvalue weighted by Gasteiger charge is -2.39. The van der Waals surface area contributed by atoms with Crippen LogP contribution in [0.3, 0.4) is 0 Å². The molecule has 1 rings (SSSR count). The summed E-state index contributed by atoms with van der Waals surface area (Å²) < 4.78 is 40.4. The van der Waals surface area contributed by atoms with Gasteiger partial charge in [-0.25, -0.2) is 8.42 Å². The Morgan fingerprint density at radius 2 is 1.96 bits per heavy atom. The molecule has 134 valence electrons. The van der Waals surface area contributed by atoms with E-state index >= 15 is 0 Å². The fraction of sp³-hybridized carbons (Fsp3) is 0.727. The molecule has 0 spiro atoms. The smallest absolute Gasteiger partial charge is 0.203 e. The van der Waals surface area contributed by atoms with E-state index in [-0.39, 0.29) is 11.5 Å². The second kappa shape index (κ2) is 8.50. The minimum Gasteiger partial charge on any atom is -0.730 e. The molecule has 0 amide bonds. The predicted molar refractivity (Wildman–Crippen MR) is 79.3 cm³/mol. The zero-order valence-corrected chi connectivity index (χ0v) is 13.4. The number of nitrogens with zero attached hydrogens (tertiary/aromatic N) is 1. The number of hydrogen-bond acceptors (Lipinski definition) is 10. The summed E-state index contributed by atoms with van der Waals surface area (Å²) in [5, 5.41) is 47.3. The first-order valence-corrected chi connectivity index (χ1v) is 8.66. The van der Waals surface area contributed by atoms with E-state index in [0.29, 0.717) is 11.8 Å². The standard InChI is InChI=1S/C11H19NO9S2/c1-2-5(14)3-7(12-23(18,19)20)22-11-10(17)9(16)8(15)6(4-13)21-11/h2,5-6,8-11,13-17H,1,3-4H2,(H,18,19,20)/p-1/t5-,6-,8-,9+,10-,11+/m1/s1. The molecule has 5 N–H and O–H groups in total. The Morgan fingerprint density at radius 3 is 2.43 bits per heavy atom. The van der Waals surface area contributed by atoms with Crippen LogP contribution >= 0.6 is 11.8 Å². The molecule has 10 nitrogen and oxygen atoms in total. The van der Waals surface area contributed by atoms with E-state index < -0.39 is 52.9 Å². The Balaban J connectivity index is 2.97. The van der Waals surface area contributed by atoms with E-state index in [1.54, 1.807) is 0 Å². The van der Waals surface area contributed by atoms with E-state index in [4.69, 9.17) is 9.84 Å². The molecular weight excluding hydrogens is 354 g/mol. The molecule has 0 unspecified atom stereocenters. The van der Waals surface area contributed by atoms with Crippen LogP contribution < -0.4 is 0 Å². The average molecular weight is 372 g/mol. The normalized spacial score (nSPS) is 34.2. The van der Waals surface area contributed by atoms with E-state index in [1.807, 2.05) is 0 Å². The summed E-state index contributed by atoms with van der Waals surface area (Å²) in [6, 6.07) is 0. The number of aliphatic hydroxyl groups excluding tert-OH is 5. The van der Waals surface area contributed by atoms with Crippen LogP contribution in [0.25, 0.3) is 0 Å². The zero-order chi connectivity index (χ0) is 17.8. The molecule has 1 aliphatic rings. The van der Waals surface area contributed by atoms with Crippen molar-refractivity contribution < 1.29 is 43.2 Å². The highest BCUT2D eigenvalue weighted by atomic mass is 32.2. The molecule has 6 atom stereocenters. The van der Waals surface area contributed by atoms with Gasteiger partial charge in [0.25, 0.3) is 0 Å². The first-order valence-electron chi connectivity index (χ1n) is 6.41. The monoisotopic (exact) mass is 372 g/mol. The fourth-order valence-electron chi connectivity index (χ4n) is 1.79. The van der Waals surface area contributed by atoms with Crippen LogP contribution in [0, 0.1) is 0 Å². The molecule has 23 heavy (non-hydrogen) atoms. The zero-order valence-electron chi connectivity index (χ0n) is 11.8. The molecule has 0 aliphatic carbocycles. The van der Waals surface area contributed by atoms with Crippen LogP contribution in [0.5, 0.6) is 0 Å². The molecule has 0 aromatic carbocycles. The number of hydrogen-bond donors (Lipinski definition) is 5. The molecule has 0 aromatic rings. The third-order valence-corrected chi connectivity index (χ3v) is 4.68. The van der Waals surface area contributed by atoms with Gasteiger partial charge >= 0.3 is 0 Å². The highest BCUT2D eigenvalue weighted by Crippen LogP contribution is 2.30. The first kappa shape index (κ1) is 20.5. The van der Waals surface area contributed by atoms with Crippen LogP contribution in [0.4, 0.5) is 0 Å². The van der Waals surface area contributed by atoms with E-state index in [0.717, 1.165) is 6.08 Å². The maximum absolute atomic E-state index is 10.8. The van der Waals surface area contributed by atoms with Gasteiger partial charge in [-0.1, -0.05) is 17.8 Å². The van der Waals surface area contributed by atoms with E-state index in [9.17, 15) is 33.4 Å². The van der Waals surface area contributed by atoms with Gasteiger partial charge < -0.3 is 34.8 Å². The molecule has 0 aromatic heterocycles. The number of thioether (sulfide) groups is 1. The highest BCUT2D eigenvalue weighted by Gasteiger charge is 2.44. The van der Waals surface area contributed by atoms with Gasteiger partial charge in [0, 0.05) is 6.42 Å². The second-order valence-electron chi connectivity index (χ2n) is 4.74. The largest absolute Gasteiger partial charge is 0.730 e. The van der Waals surface area contributed by atoms with E-state index in [2.05, 4.69) is 11.0 Å². The summed E-state index contributed by atoms with van der Waals surface area (Å²) >= 11 is 0.478. The minimum atomic E-state index is -5.02. The van der Waals surface area contributed by atoms with Crippen molar-refractivity contribution in [1.29, 1.82) is 0 Å². The number of rotatable bonds is 6. The van der Waals surface area contributed by atoms with Crippen molar-refractivity contribution in [2.45, 2.75) is 42.4 Å². The van der Waals surface area contributed by atoms with Gasteiger partial charge in [-0.15, -0.1) is 6.58 Å². The van der Waals surface area contributed by atoms with Crippen molar-refractivity contribution in [1.82, 2.24) is 0 Å². The van der Waals surface area contributed by atoms with Gasteiger partial charge in [-0.05, 0) is 0 Å². The Hall–Kier alpha value is -0.570. The van der Waals surface area contributed by atoms with Gasteiger partial charge in [0.2, 0.25) is 10.3 Å². The van der Waals surface area contributed by atoms with Crippen LogP contribution in [-0.2, 0) is 15.0 Å². The van der Waals surface area contributed by atoms with Gasteiger partial charge in [0.15, 0.2) is 0 Å². The van der Waals surface area contributed by atoms with Crippen molar-refractivity contribution in [3.63, 3.8) is 0 Å². The van der Waals surface area contributed by atoms with E-state index in [1.165, 1.54) is 0 Å². The molecular formula is C11H18NO9S2-. The summed E-state index contributed by atoms with van der Waals surface area (Å²) in [6.45, 7) is 2.63. The van der Waals surface area contributed by atoms with Crippen LogP contribution in [0.2, 0.25) is 0 Å². The van der Waals surface area contributed by atoms with Crippen LogP contribution in [0.15, 0.2) is 17.1 Å². The SMILES string of the molecule is C=C[C@@H](O)CC(=NS(=O)(=O)[O-])S[C@@H]1O[C@H](CO)[C@@H](O)[C@H](O)[C@H]1O. The number of ether oxygens (including phenoxy) is 1. The molecule has 0 saturated carbocycles. The quantitative estimate of drug-likeness (QED) is 0.143. The Bertz CT molecular complexity index is 536. The molecule has 1 heterocycles. The van der Waals surface area contributed by atoms with Gasteiger partial charge in [0.05, 0.1) is 17.8 Å². The fourth-order valence-corrected chi connectivity index (χ4v) is 3.60. The summed E-state index contributed by atoms with van der Waals surface area (Å²) in [5.41, 5.74) is -1.32. The molecule has 1 aliphatic heterocycles. The topological polar surface area (TPSA) is 180 Å². The first-order chi connectivity index (χ1) is 10.6. The number of aliphatic hydroxyl groups is 5. The van der Waals surface area contributed by atoms with Crippen molar-refractivity contribution in [3.05, 3.63) is 12.7 Å². The maximum atomic E-state index is 10.8. The van der Waals surface area contributed by atoms with Crippen molar-refractivity contribution >= 4 is 27.1 Å². The summed E-state index contributed by atoms with van der Waals surface area (Å²) in [7, 11) is -5.02. The molecule has 0 radical (unpaired) electrons. The van der Waals surface area contributed by atoms with Crippen LogP contribution in [0.1, 0.15) is 6.42 Å². The van der Waals surface area contributed by atoms with Crippen LogP contribution in [-0.4, -0.2) is 86.1 Å². The minimum absolute atomic E-state index is 0.378. The van der Waals surface area contributed by atoms with Crippen molar-refractivity contribution in [2.24, 2.45) is 4.40 Å². The van der Waals surface area contributed by atoms with Crippen molar-refractivity contribution in [2.75, 3.05) is 6.61 Å². The van der Waals surface area contributed by atoms with Gasteiger partial charge in [-0.3, -0.25) is 0 Å². The summed E-state index contributed by atoms with van der Waals surface area (Å²) in [5.74, 6) is 0. The predicted octanol–water partition coefficient (Wildman–Crippen LogP) is -2.68. The Morgan fingerprint density at radius 1 is 1.35 bits per heavy atom. The molecule has 0 bridgehead atoms. The molecule has 12 heteroatoms. The molecule has 1 fully saturated rings. The van der Waals surface area contributed by atoms with Gasteiger partial charge in [-0.2, -0.15) is 4.40 Å². The molecule has 1 saturated heterocycles. The third-order valence-electron chi connectivity index (χ3n) is 2.97. The maximum Gasteiger partial charge on any atom is 0.203 e. The Kier molecular flexibility index (Phi) is 7.57. The average Bonchev–Trinajstić information content (AvgIpc) is 2.45. The van der Waals surface area contributed by atoms with Gasteiger partial charge in [0.1, 0.15) is 29.9 Å². The Labute approximate surface area is 137 Å². The highest BCUT2D eigenvalue weighted by molar-refractivity contribution is 8.14. The lowest BCUT2D eigenvalue weighted by molar-refractivity contribution is -0.205. The lowest BCUT2D eigenvalue weighted by atomic mass is 10.0. The van der Waals surface area contributed by atoms with Crippen molar-refractivity contribution in [3.8, 4) is 0 Å². The summed E-state index contributed by atoms with van der Waals surface area (Å²) in [6.07, 6.45) is -6.57.